The number of aliphatic hydroxyl groups is 2. The Morgan fingerprint density at radius 3 is 2.89 bits per heavy atom. The molecule has 96 valence electrons. The molecule has 0 saturated heterocycles. The van der Waals surface area contributed by atoms with Gasteiger partial charge in [-0.2, -0.15) is 0 Å². The van der Waals surface area contributed by atoms with Crippen molar-refractivity contribution in [3.05, 3.63) is 36.0 Å². The van der Waals surface area contributed by atoms with Crippen LogP contribution in [0.15, 0.2) is 30.5 Å². The molecule has 0 bridgehead atoms. The zero-order chi connectivity index (χ0) is 13.1. The van der Waals surface area contributed by atoms with Crippen LogP contribution in [-0.2, 0) is 9.53 Å². The Hall–Kier alpha value is -1.85. The van der Waals surface area contributed by atoms with Gasteiger partial charge >= 0.3 is 5.97 Å². The van der Waals surface area contributed by atoms with Crippen LogP contribution in [-0.4, -0.2) is 33.9 Å². The summed E-state index contributed by atoms with van der Waals surface area (Å²) < 4.78 is 4.68. The van der Waals surface area contributed by atoms with Crippen molar-refractivity contribution in [1.29, 1.82) is 0 Å². The van der Waals surface area contributed by atoms with Gasteiger partial charge in [0.15, 0.2) is 6.10 Å². The molecule has 0 amide bonds. The van der Waals surface area contributed by atoms with Gasteiger partial charge in [0, 0.05) is 17.1 Å². The van der Waals surface area contributed by atoms with Crippen LogP contribution in [0.5, 0.6) is 0 Å². The first kappa shape index (κ1) is 12.6. The number of carbonyl (C=O) groups is 1. The van der Waals surface area contributed by atoms with Crippen molar-refractivity contribution in [3.63, 3.8) is 0 Å². The van der Waals surface area contributed by atoms with Crippen molar-refractivity contribution in [1.82, 2.24) is 4.98 Å². The summed E-state index contributed by atoms with van der Waals surface area (Å²) in [5.74, 6) is -0.822. The number of aromatic amines is 1. The van der Waals surface area contributed by atoms with Crippen LogP contribution in [0.4, 0.5) is 0 Å². The lowest BCUT2D eigenvalue weighted by atomic mass is 10.0. The van der Waals surface area contributed by atoms with Crippen LogP contribution >= 0.6 is 0 Å². The highest BCUT2D eigenvalue weighted by Gasteiger charge is 2.28. The Balaban J connectivity index is 2.30. The second-order valence-electron chi connectivity index (χ2n) is 3.93. The van der Waals surface area contributed by atoms with Crippen molar-refractivity contribution in [2.75, 3.05) is 6.61 Å². The highest BCUT2D eigenvalue weighted by atomic mass is 16.5. The molecule has 0 spiro atoms. The minimum absolute atomic E-state index is 0.164. The SMILES string of the molecule is CCOC(=O)C(O)C(O)c1cccc2[nH]ccc12. The molecule has 5 nitrogen and oxygen atoms in total. The number of H-pyrrole nitrogens is 1. The number of esters is 1. The summed E-state index contributed by atoms with van der Waals surface area (Å²) in [5, 5.41) is 20.5. The maximum absolute atomic E-state index is 11.4. The smallest absolute Gasteiger partial charge is 0.338 e. The molecule has 0 saturated carbocycles. The van der Waals surface area contributed by atoms with E-state index in [0.29, 0.717) is 5.56 Å². The zero-order valence-electron chi connectivity index (χ0n) is 9.96. The maximum Gasteiger partial charge on any atom is 0.338 e. The van der Waals surface area contributed by atoms with Crippen molar-refractivity contribution < 1.29 is 19.7 Å². The fourth-order valence-corrected chi connectivity index (χ4v) is 1.89. The van der Waals surface area contributed by atoms with Gasteiger partial charge in [0.05, 0.1) is 6.61 Å². The van der Waals surface area contributed by atoms with Gasteiger partial charge in [0.1, 0.15) is 6.10 Å². The van der Waals surface area contributed by atoms with E-state index in [1.807, 2.05) is 6.07 Å². The summed E-state index contributed by atoms with van der Waals surface area (Å²) in [5.41, 5.74) is 1.33. The van der Waals surface area contributed by atoms with Crippen LogP contribution in [0, 0.1) is 0 Å². The Bertz CT molecular complexity index is 549. The van der Waals surface area contributed by atoms with E-state index in [9.17, 15) is 15.0 Å². The zero-order valence-corrected chi connectivity index (χ0v) is 9.96. The Morgan fingerprint density at radius 1 is 1.39 bits per heavy atom. The number of nitrogens with one attached hydrogen (secondary N) is 1. The Labute approximate surface area is 104 Å². The van der Waals surface area contributed by atoms with Crippen LogP contribution < -0.4 is 0 Å². The normalized spacial score (nSPS) is 14.4. The average Bonchev–Trinajstić information content (AvgIpc) is 2.85. The summed E-state index contributed by atoms with van der Waals surface area (Å²) in [6, 6.07) is 7.05. The molecule has 0 aliphatic carbocycles. The van der Waals surface area contributed by atoms with E-state index in [0.717, 1.165) is 10.9 Å². The largest absolute Gasteiger partial charge is 0.464 e. The number of hydrogen-bond acceptors (Lipinski definition) is 4. The molecule has 0 fully saturated rings. The molecule has 2 atom stereocenters. The fourth-order valence-electron chi connectivity index (χ4n) is 1.89. The van der Waals surface area contributed by atoms with Crippen LogP contribution in [0.25, 0.3) is 10.9 Å². The molecule has 2 rings (SSSR count). The first-order valence-corrected chi connectivity index (χ1v) is 5.74. The first-order valence-electron chi connectivity index (χ1n) is 5.74. The number of aliphatic hydroxyl groups excluding tert-OH is 2. The fraction of sp³-hybridized carbons (Fsp3) is 0.308. The van der Waals surface area contributed by atoms with Gasteiger partial charge < -0.3 is 19.9 Å². The lowest BCUT2D eigenvalue weighted by Crippen LogP contribution is -2.29. The number of ether oxygens (including phenoxy) is 1. The second-order valence-corrected chi connectivity index (χ2v) is 3.93. The summed E-state index contributed by atoms with van der Waals surface area (Å²) >= 11 is 0. The summed E-state index contributed by atoms with van der Waals surface area (Å²) in [4.78, 5) is 14.4. The highest BCUT2D eigenvalue weighted by molar-refractivity contribution is 5.84. The number of aromatic nitrogens is 1. The van der Waals surface area contributed by atoms with Crippen molar-refractivity contribution >= 4 is 16.9 Å². The molecule has 18 heavy (non-hydrogen) atoms. The second kappa shape index (κ2) is 5.20. The predicted octanol–water partition coefficient (Wildman–Crippen LogP) is 1.13. The molecule has 0 aliphatic heterocycles. The minimum atomic E-state index is -1.58. The predicted molar refractivity (Wildman–Crippen MR) is 65.9 cm³/mol. The molecule has 2 unspecified atom stereocenters. The van der Waals surface area contributed by atoms with E-state index in [4.69, 9.17) is 0 Å². The molecular weight excluding hydrogens is 234 g/mol. The lowest BCUT2D eigenvalue weighted by Gasteiger charge is -2.17. The molecular formula is C13H15NO4. The van der Waals surface area contributed by atoms with Gasteiger partial charge in [-0.25, -0.2) is 4.79 Å². The highest BCUT2D eigenvalue weighted by Crippen LogP contribution is 2.26. The molecule has 0 radical (unpaired) electrons. The van der Waals surface area contributed by atoms with E-state index in [1.165, 1.54) is 0 Å². The number of rotatable bonds is 4. The van der Waals surface area contributed by atoms with Gasteiger partial charge in [-0.05, 0) is 24.6 Å². The molecule has 1 heterocycles. The van der Waals surface area contributed by atoms with Crippen molar-refractivity contribution in [3.8, 4) is 0 Å². The van der Waals surface area contributed by atoms with Gasteiger partial charge in [-0.1, -0.05) is 12.1 Å². The molecule has 3 N–H and O–H groups in total. The van der Waals surface area contributed by atoms with E-state index >= 15 is 0 Å². The van der Waals surface area contributed by atoms with Crippen LogP contribution in [0.3, 0.4) is 0 Å². The number of benzene rings is 1. The Morgan fingerprint density at radius 2 is 2.17 bits per heavy atom. The monoisotopic (exact) mass is 249 g/mol. The summed E-state index contributed by atoms with van der Waals surface area (Å²) in [7, 11) is 0. The molecule has 1 aromatic heterocycles. The topological polar surface area (TPSA) is 82.6 Å². The Kier molecular flexibility index (Phi) is 3.64. The van der Waals surface area contributed by atoms with Crippen molar-refractivity contribution in [2.45, 2.75) is 19.1 Å². The molecule has 0 aliphatic rings. The van der Waals surface area contributed by atoms with E-state index in [2.05, 4.69) is 9.72 Å². The number of carbonyl (C=O) groups excluding carboxylic acids is 1. The number of fused-ring (bicyclic) bond motifs is 1. The first-order chi connectivity index (χ1) is 8.65. The standard InChI is InChI=1S/C13H15NO4/c1-2-18-13(17)12(16)11(15)9-4-3-5-10-8(9)6-7-14-10/h3-7,11-12,14-16H,2H2,1H3. The van der Waals surface area contributed by atoms with Crippen molar-refractivity contribution in [2.24, 2.45) is 0 Å². The lowest BCUT2D eigenvalue weighted by molar-refractivity contribution is -0.159. The third-order valence-corrected chi connectivity index (χ3v) is 2.77. The molecule has 2 aromatic rings. The maximum atomic E-state index is 11.4. The van der Waals surface area contributed by atoms with Crippen LogP contribution in [0.1, 0.15) is 18.6 Å². The molecule has 1 aromatic carbocycles. The molecule has 5 heteroatoms. The van der Waals surface area contributed by atoms with E-state index < -0.39 is 18.2 Å². The van der Waals surface area contributed by atoms with E-state index in [1.54, 1.807) is 31.3 Å². The van der Waals surface area contributed by atoms with Gasteiger partial charge in [0.25, 0.3) is 0 Å². The van der Waals surface area contributed by atoms with Crippen LogP contribution in [0.2, 0.25) is 0 Å². The van der Waals surface area contributed by atoms with Gasteiger partial charge in [-0.3, -0.25) is 0 Å². The summed E-state index contributed by atoms with van der Waals surface area (Å²) in [6.45, 7) is 1.81. The third kappa shape index (κ3) is 2.23. The van der Waals surface area contributed by atoms with Gasteiger partial charge in [0.2, 0.25) is 0 Å². The third-order valence-electron chi connectivity index (χ3n) is 2.77. The quantitative estimate of drug-likeness (QED) is 0.709. The van der Waals surface area contributed by atoms with Gasteiger partial charge in [-0.15, -0.1) is 0 Å². The van der Waals surface area contributed by atoms with E-state index in [-0.39, 0.29) is 6.61 Å². The number of hydrogen-bond donors (Lipinski definition) is 3. The summed E-state index contributed by atoms with van der Waals surface area (Å²) in [6.07, 6.45) is -1.15. The minimum Gasteiger partial charge on any atom is -0.464 e. The average molecular weight is 249 g/mol.